The number of methoxy groups -OCH3 is 1. The number of sulfonamides is 1. The van der Waals surface area contributed by atoms with Crippen molar-refractivity contribution in [3.05, 3.63) is 45.6 Å². The summed E-state index contributed by atoms with van der Waals surface area (Å²) in [5.41, 5.74) is 1.47. The van der Waals surface area contributed by atoms with Crippen LogP contribution in [0.25, 0.3) is 0 Å². The second-order valence-electron chi connectivity index (χ2n) is 5.92. The highest BCUT2D eigenvalue weighted by Crippen LogP contribution is 2.39. The Labute approximate surface area is 149 Å². The summed E-state index contributed by atoms with van der Waals surface area (Å²) in [6.07, 6.45) is 3.52. The summed E-state index contributed by atoms with van der Waals surface area (Å²) in [6, 6.07) is 3.48. The fourth-order valence-corrected chi connectivity index (χ4v) is 5.86. The number of rotatable bonds is 4. The molecule has 0 atom stereocenters. The van der Waals surface area contributed by atoms with Crippen LogP contribution in [0.5, 0.6) is 0 Å². The minimum atomic E-state index is -3.94. The summed E-state index contributed by atoms with van der Waals surface area (Å²) < 4.78 is 46.1. The molecule has 1 aromatic carbocycles. The number of esters is 1. The maximum atomic E-state index is 13.3. The van der Waals surface area contributed by atoms with Gasteiger partial charge >= 0.3 is 5.97 Å². The zero-order chi connectivity index (χ0) is 18.2. The molecular weight excluding hydrogens is 365 g/mol. The molecule has 1 N–H and O–H groups in total. The quantitative estimate of drug-likeness (QED) is 0.818. The van der Waals surface area contributed by atoms with Gasteiger partial charge in [-0.1, -0.05) is 0 Å². The van der Waals surface area contributed by atoms with Crippen LogP contribution in [0.1, 0.15) is 39.2 Å². The number of fused-ring (bicyclic) bond motifs is 1. The summed E-state index contributed by atoms with van der Waals surface area (Å²) in [5, 5.41) is 0.266. The molecule has 0 fully saturated rings. The first-order valence-electron chi connectivity index (χ1n) is 7.85. The van der Waals surface area contributed by atoms with Crippen LogP contribution in [-0.2, 0) is 27.6 Å². The maximum Gasteiger partial charge on any atom is 0.341 e. The molecule has 1 heterocycles. The number of ether oxygens (including phenoxy) is 1. The van der Waals surface area contributed by atoms with Crippen LogP contribution in [0.15, 0.2) is 23.1 Å². The number of halogens is 1. The van der Waals surface area contributed by atoms with Gasteiger partial charge in [0.05, 0.1) is 17.6 Å². The van der Waals surface area contributed by atoms with Gasteiger partial charge in [-0.25, -0.2) is 17.6 Å². The second-order valence-corrected chi connectivity index (χ2v) is 8.68. The predicted molar refractivity (Wildman–Crippen MR) is 94.2 cm³/mol. The fraction of sp³-hybridized carbons (Fsp3) is 0.353. The summed E-state index contributed by atoms with van der Waals surface area (Å²) in [7, 11) is -2.66. The molecule has 25 heavy (non-hydrogen) atoms. The van der Waals surface area contributed by atoms with Crippen molar-refractivity contribution in [2.75, 3.05) is 11.8 Å². The normalized spacial score (nSPS) is 14.0. The lowest BCUT2D eigenvalue weighted by Crippen LogP contribution is -2.16. The number of benzene rings is 1. The van der Waals surface area contributed by atoms with Gasteiger partial charge in [-0.15, -0.1) is 11.3 Å². The van der Waals surface area contributed by atoms with E-state index < -0.39 is 21.8 Å². The van der Waals surface area contributed by atoms with E-state index in [1.165, 1.54) is 31.4 Å². The second kappa shape index (κ2) is 6.76. The lowest BCUT2D eigenvalue weighted by molar-refractivity contribution is 0.0601. The standard InChI is InChI=1S/C17H18FNO4S2/c1-10-9-11(18)7-8-14(10)25(21,22)19-16-15(17(20)23-2)12-5-3-4-6-13(12)24-16/h7-9,19H,3-6H2,1-2H3. The Balaban J connectivity index is 2.05. The zero-order valence-electron chi connectivity index (χ0n) is 13.9. The number of nitrogens with one attached hydrogen (secondary N) is 1. The van der Waals surface area contributed by atoms with Gasteiger partial charge in [-0.2, -0.15) is 0 Å². The molecule has 1 aliphatic rings. The van der Waals surface area contributed by atoms with E-state index in [4.69, 9.17) is 4.74 Å². The van der Waals surface area contributed by atoms with Crippen LogP contribution in [0.3, 0.4) is 0 Å². The predicted octanol–water partition coefficient (Wildman–Crippen LogP) is 3.66. The Morgan fingerprint density at radius 2 is 2.00 bits per heavy atom. The van der Waals surface area contributed by atoms with Crippen molar-refractivity contribution in [2.24, 2.45) is 0 Å². The molecule has 5 nitrogen and oxygen atoms in total. The smallest absolute Gasteiger partial charge is 0.341 e. The van der Waals surface area contributed by atoms with Gasteiger partial charge < -0.3 is 4.74 Å². The van der Waals surface area contributed by atoms with Crippen LogP contribution in [0.4, 0.5) is 9.39 Å². The maximum absolute atomic E-state index is 13.3. The van der Waals surface area contributed by atoms with E-state index in [0.717, 1.165) is 48.3 Å². The molecule has 134 valence electrons. The van der Waals surface area contributed by atoms with Gasteiger partial charge in [-0.3, -0.25) is 4.72 Å². The van der Waals surface area contributed by atoms with Crippen molar-refractivity contribution in [3.8, 4) is 0 Å². The molecule has 0 aliphatic heterocycles. The van der Waals surface area contributed by atoms with Gasteiger partial charge in [0.1, 0.15) is 10.8 Å². The van der Waals surface area contributed by atoms with Gasteiger partial charge in [0.25, 0.3) is 10.0 Å². The van der Waals surface area contributed by atoms with Crippen LogP contribution in [0.2, 0.25) is 0 Å². The Morgan fingerprint density at radius 1 is 1.28 bits per heavy atom. The number of thiophene rings is 1. The topological polar surface area (TPSA) is 72.5 Å². The van der Waals surface area contributed by atoms with E-state index in [1.807, 2.05) is 0 Å². The summed E-state index contributed by atoms with van der Waals surface area (Å²) in [4.78, 5) is 13.2. The first-order chi connectivity index (χ1) is 11.8. The average Bonchev–Trinajstić information content (AvgIpc) is 2.90. The van der Waals surface area contributed by atoms with Gasteiger partial charge in [0, 0.05) is 4.88 Å². The Kier molecular flexibility index (Phi) is 4.83. The Morgan fingerprint density at radius 3 is 2.68 bits per heavy atom. The van der Waals surface area contributed by atoms with Crippen LogP contribution >= 0.6 is 11.3 Å². The molecule has 1 aromatic heterocycles. The SMILES string of the molecule is COC(=O)c1c(NS(=O)(=O)c2ccc(F)cc2C)sc2c1CCCC2. The third kappa shape index (κ3) is 3.41. The minimum absolute atomic E-state index is 0.0175. The molecular formula is C17H18FNO4S2. The fourth-order valence-electron chi connectivity index (χ4n) is 3.05. The van der Waals surface area contributed by atoms with Crippen LogP contribution in [0, 0.1) is 12.7 Å². The highest BCUT2D eigenvalue weighted by Gasteiger charge is 2.29. The summed E-state index contributed by atoms with van der Waals surface area (Å²) in [6.45, 7) is 1.53. The molecule has 0 bridgehead atoms. The van der Waals surface area contributed by atoms with Crippen LogP contribution < -0.4 is 4.72 Å². The van der Waals surface area contributed by atoms with E-state index >= 15 is 0 Å². The number of carbonyl (C=O) groups is 1. The monoisotopic (exact) mass is 383 g/mol. The minimum Gasteiger partial charge on any atom is -0.465 e. The summed E-state index contributed by atoms with van der Waals surface area (Å²) in [5.74, 6) is -1.05. The first-order valence-corrected chi connectivity index (χ1v) is 10.2. The van der Waals surface area contributed by atoms with E-state index in [2.05, 4.69) is 4.72 Å². The molecule has 0 saturated heterocycles. The highest BCUT2D eigenvalue weighted by molar-refractivity contribution is 7.93. The Bertz CT molecular complexity index is 934. The van der Waals surface area contributed by atoms with E-state index in [9.17, 15) is 17.6 Å². The molecule has 0 amide bonds. The van der Waals surface area contributed by atoms with Crippen molar-refractivity contribution in [3.63, 3.8) is 0 Å². The number of carbonyl (C=O) groups excluding carboxylic acids is 1. The van der Waals surface area contributed by atoms with Crippen molar-refractivity contribution in [2.45, 2.75) is 37.5 Å². The Hall–Kier alpha value is -1.93. The molecule has 0 unspecified atom stereocenters. The average molecular weight is 383 g/mol. The number of anilines is 1. The van der Waals surface area contributed by atoms with Crippen molar-refractivity contribution < 1.29 is 22.3 Å². The first kappa shape index (κ1) is 17.9. The van der Waals surface area contributed by atoms with Crippen molar-refractivity contribution in [1.82, 2.24) is 0 Å². The lowest BCUT2D eigenvalue weighted by Gasteiger charge is -2.12. The highest BCUT2D eigenvalue weighted by atomic mass is 32.2. The van der Waals surface area contributed by atoms with E-state index in [-0.39, 0.29) is 9.90 Å². The third-order valence-electron chi connectivity index (χ3n) is 4.21. The number of aryl methyl sites for hydroxylation is 2. The molecule has 2 aromatic rings. The summed E-state index contributed by atoms with van der Waals surface area (Å²) >= 11 is 1.27. The van der Waals surface area contributed by atoms with E-state index in [0.29, 0.717) is 11.1 Å². The molecule has 0 spiro atoms. The van der Waals surface area contributed by atoms with E-state index in [1.54, 1.807) is 0 Å². The largest absolute Gasteiger partial charge is 0.465 e. The van der Waals surface area contributed by atoms with Gasteiger partial charge in [-0.05, 0) is 61.9 Å². The lowest BCUT2D eigenvalue weighted by atomic mass is 9.95. The molecule has 0 radical (unpaired) electrons. The van der Waals surface area contributed by atoms with Crippen LogP contribution in [-0.4, -0.2) is 21.5 Å². The molecule has 1 aliphatic carbocycles. The number of hydrogen-bond donors (Lipinski definition) is 1. The molecule has 0 saturated carbocycles. The molecule has 8 heteroatoms. The van der Waals surface area contributed by atoms with Crippen molar-refractivity contribution >= 4 is 32.3 Å². The van der Waals surface area contributed by atoms with Gasteiger partial charge in [0.2, 0.25) is 0 Å². The van der Waals surface area contributed by atoms with Gasteiger partial charge in [0.15, 0.2) is 0 Å². The third-order valence-corrected chi connectivity index (χ3v) is 7.06. The van der Waals surface area contributed by atoms with Crippen molar-refractivity contribution in [1.29, 1.82) is 0 Å². The zero-order valence-corrected chi connectivity index (χ0v) is 15.5. The molecule has 3 rings (SSSR count). The number of hydrogen-bond acceptors (Lipinski definition) is 5.